The summed E-state index contributed by atoms with van der Waals surface area (Å²) in [5.74, 6) is 0.683. The van der Waals surface area contributed by atoms with Gasteiger partial charge in [0.2, 0.25) is 5.91 Å². The van der Waals surface area contributed by atoms with Gasteiger partial charge < -0.3 is 20.6 Å². The van der Waals surface area contributed by atoms with Crippen molar-refractivity contribution in [2.75, 3.05) is 25.0 Å². The molecule has 1 aliphatic rings. The summed E-state index contributed by atoms with van der Waals surface area (Å²) in [6.07, 6.45) is 8.11. The van der Waals surface area contributed by atoms with Gasteiger partial charge in [-0.1, -0.05) is 13.8 Å². The molecule has 2 aromatic heterocycles. The number of hydrogen-bond acceptors (Lipinski definition) is 7. The minimum atomic E-state index is -0.358. The van der Waals surface area contributed by atoms with Gasteiger partial charge in [0, 0.05) is 85.0 Å². The number of anilines is 1. The Kier molecular flexibility index (Phi) is 6.55. The summed E-state index contributed by atoms with van der Waals surface area (Å²) in [6.45, 7) is 9.71. The predicted molar refractivity (Wildman–Crippen MR) is 137 cm³/mol. The second-order valence-corrected chi connectivity index (χ2v) is 10.3. The number of aromatic hydroxyl groups is 1. The highest BCUT2D eigenvalue weighted by Crippen LogP contribution is 2.47. The molecule has 3 heterocycles. The molecule has 1 unspecified atom stereocenters. The van der Waals surface area contributed by atoms with Crippen LogP contribution in [0.3, 0.4) is 0 Å². The van der Waals surface area contributed by atoms with E-state index in [1.165, 1.54) is 0 Å². The molecule has 4 rings (SSSR count). The number of phenols is 1. The average Bonchev–Trinajstić information content (AvgIpc) is 3.35. The van der Waals surface area contributed by atoms with Gasteiger partial charge in [-0.05, 0) is 32.4 Å². The minimum Gasteiger partial charge on any atom is -0.507 e. The molecule has 0 bridgehead atoms. The zero-order valence-corrected chi connectivity index (χ0v) is 21.1. The Labute approximate surface area is 206 Å². The number of likely N-dealkylation sites (tertiary alicyclic amines) is 1. The first kappa shape index (κ1) is 24.7. The number of nitrogens with one attached hydrogen (secondary N) is 1. The van der Waals surface area contributed by atoms with Crippen LogP contribution in [-0.4, -0.2) is 67.8 Å². The molecule has 1 saturated heterocycles. The predicted octanol–water partition coefficient (Wildman–Crippen LogP) is 3.43. The quantitative estimate of drug-likeness (QED) is 0.497. The van der Waals surface area contributed by atoms with E-state index in [0.29, 0.717) is 30.9 Å². The molecule has 0 radical (unpaired) electrons. The monoisotopic (exact) mass is 477 g/mol. The third-order valence-electron chi connectivity index (χ3n) is 7.95. The fourth-order valence-corrected chi connectivity index (χ4v) is 5.15. The second-order valence-electron chi connectivity index (χ2n) is 10.3. The third kappa shape index (κ3) is 4.36. The zero-order valence-electron chi connectivity index (χ0n) is 21.1. The van der Waals surface area contributed by atoms with Crippen molar-refractivity contribution in [3.63, 3.8) is 0 Å². The Hall–Kier alpha value is -3.46. The molecule has 0 saturated carbocycles. The van der Waals surface area contributed by atoms with E-state index >= 15 is 0 Å². The van der Waals surface area contributed by atoms with Crippen molar-refractivity contribution < 1.29 is 9.90 Å². The molecule has 4 N–H and O–H groups in total. The summed E-state index contributed by atoms with van der Waals surface area (Å²) in [5.41, 5.74) is 8.29. The van der Waals surface area contributed by atoms with Crippen LogP contribution in [0.15, 0.2) is 43.0 Å². The number of carbonyl (C=O) groups excluding carboxylic acids is 1. The lowest BCUT2D eigenvalue weighted by molar-refractivity contribution is -0.147. The summed E-state index contributed by atoms with van der Waals surface area (Å²) in [7, 11) is 2.05. The van der Waals surface area contributed by atoms with Crippen LogP contribution in [0.2, 0.25) is 0 Å². The number of nitrogens with two attached hydrogens (primary N) is 1. The topological polar surface area (TPSA) is 124 Å². The van der Waals surface area contributed by atoms with Crippen molar-refractivity contribution >= 4 is 11.6 Å². The van der Waals surface area contributed by atoms with Gasteiger partial charge in [0.1, 0.15) is 5.75 Å². The number of phenolic OH excluding ortho intramolecular Hbond substituents is 1. The minimum absolute atomic E-state index is 0.104. The van der Waals surface area contributed by atoms with Crippen LogP contribution in [0.5, 0.6) is 5.75 Å². The molecule has 3 aromatic rings. The van der Waals surface area contributed by atoms with Crippen molar-refractivity contribution in [1.82, 2.24) is 25.1 Å². The van der Waals surface area contributed by atoms with Crippen molar-refractivity contribution in [2.45, 2.75) is 52.1 Å². The summed E-state index contributed by atoms with van der Waals surface area (Å²) in [5, 5.41) is 17.6. The van der Waals surface area contributed by atoms with Gasteiger partial charge in [0.25, 0.3) is 0 Å². The molecule has 186 valence electrons. The van der Waals surface area contributed by atoms with Gasteiger partial charge >= 0.3 is 0 Å². The van der Waals surface area contributed by atoms with E-state index < -0.39 is 0 Å². The number of carbonyl (C=O) groups is 1. The number of amides is 1. The summed E-state index contributed by atoms with van der Waals surface area (Å²) >= 11 is 0. The molecule has 1 aliphatic heterocycles. The average molecular weight is 478 g/mol. The Morgan fingerprint density at radius 2 is 1.91 bits per heavy atom. The highest BCUT2D eigenvalue weighted by Gasteiger charge is 2.52. The number of nitrogens with zero attached hydrogens (tertiary/aromatic N) is 5. The maximum atomic E-state index is 12.7. The first-order chi connectivity index (χ1) is 16.6. The zero-order chi connectivity index (χ0) is 25.4. The lowest BCUT2D eigenvalue weighted by Crippen LogP contribution is -2.67. The lowest BCUT2D eigenvalue weighted by atomic mass is 9.64. The first-order valence-corrected chi connectivity index (χ1v) is 12.0. The summed E-state index contributed by atoms with van der Waals surface area (Å²) in [6, 6.07) is 5.76. The summed E-state index contributed by atoms with van der Waals surface area (Å²) in [4.78, 5) is 25.8. The SMILES string of the molecule is CN(c1ccc(-c2ncc(-c3cn[nH]c3)cn2)c(O)c1)C1CCN(C(=O)CCN)C(C)(C)C1(C)C. The van der Waals surface area contributed by atoms with Crippen molar-refractivity contribution in [1.29, 1.82) is 0 Å². The fourth-order valence-electron chi connectivity index (χ4n) is 5.15. The smallest absolute Gasteiger partial charge is 0.224 e. The van der Waals surface area contributed by atoms with Gasteiger partial charge in [-0.3, -0.25) is 9.89 Å². The van der Waals surface area contributed by atoms with E-state index in [0.717, 1.165) is 23.2 Å². The highest BCUT2D eigenvalue weighted by molar-refractivity contribution is 5.77. The molecule has 35 heavy (non-hydrogen) atoms. The van der Waals surface area contributed by atoms with Crippen molar-refractivity contribution in [2.24, 2.45) is 11.1 Å². The molecule has 9 nitrogen and oxygen atoms in total. The molecule has 1 aromatic carbocycles. The Morgan fingerprint density at radius 1 is 1.20 bits per heavy atom. The van der Waals surface area contributed by atoms with Crippen molar-refractivity contribution in [3.8, 4) is 28.3 Å². The normalized spacial score (nSPS) is 18.9. The molecule has 0 aliphatic carbocycles. The largest absolute Gasteiger partial charge is 0.507 e. The maximum absolute atomic E-state index is 12.7. The number of benzene rings is 1. The standard InChI is InChI=1S/C26H35N7O2/c1-25(2)22(9-11-33(26(25,3)4)23(35)8-10-27)32(5)19-6-7-20(21(34)12-19)24-28-13-17(14-29-24)18-15-30-31-16-18/h6-7,12-16,22,34H,8-11,27H2,1-5H3,(H,30,31). The van der Waals surface area contributed by atoms with E-state index in [9.17, 15) is 9.90 Å². The number of rotatable bonds is 6. The number of piperidine rings is 1. The molecular weight excluding hydrogens is 442 g/mol. The first-order valence-electron chi connectivity index (χ1n) is 12.0. The lowest BCUT2D eigenvalue weighted by Gasteiger charge is -2.59. The number of aromatic nitrogens is 4. The van der Waals surface area contributed by atoms with Gasteiger partial charge in [-0.15, -0.1) is 0 Å². The number of aromatic amines is 1. The van der Waals surface area contributed by atoms with E-state index in [1.54, 1.807) is 30.9 Å². The summed E-state index contributed by atoms with van der Waals surface area (Å²) < 4.78 is 0. The molecule has 0 spiro atoms. The van der Waals surface area contributed by atoms with Crippen molar-refractivity contribution in [3.05, 3.63) is 43.0 Å². The highest BCUT2D eigenvalue weighted by atomic mass is 16.3. The Morgan fingerprint density at radius 3 is 2.51 bits per heavy atom. The van der Waals surface area contributed by atoms with Crippen LogP contribution in [-0.2, 0) is 4.79 Å². The van der Waals surface area contributed by atoms with Gasteiger partial charge in [0.05, 0.1) is 11.8 Å². The number of H-pyrrole nitrogens is 1. The van der Waals surface area contributed by atoms with Gasteiger partial charge in [-0.25, -0.2) is 9.97 Å². The molecular formula is C26H35N7O2. The second kappa shape index (κ2) is 9.30. The van der Waals surface area contributed by atoms with Crippen LogP contribution in [0.1, 0.15) is 40.5 Å². The van der Waals surface area contributed by atoms with Crippen LogP contribution in [0.4, 0.5) is 5.69 Å². The molecule has 1 amide bonds. The van der Waals surface area contributed by atoms with E-state index in [2.05, 4.69) is 52.8 Å². The third-order valence-corrected chi connectivity index (χ3v) is 7.95. The van der Waals surface area contributed by atoms with Crippen LogP contribution < -0.4 is 10.6 Å². The molecule has 1 atom stereocenters. The Balaban J connectivity index is 1.56. The number of hydrogen-bond donors (Lipinski definition) is 3. The van der Waals surface area contributed by atoms with E-state index in [1.807, 2.05) is 24.1 Å². The van der Waals surface area contributed by atoms with Gasteiger partial charge in [0.15, 0.2) is 5.82 Å². The van der Waals surface area contributed by atoms with E-state index in [4.69, 9.17) is 5.73 Å². The Bertz CT molecular complexity index is 1170. The van der Waals surface area contributed by atoms with Crippen LogP contribution in [0.25, 0.3) is 22.5 Å². The van der Waals surface area contributed by atoms with Gasteiger partial charge in [-0.2, -0.15) is 5.10 Å². The van der Waals surface area contributed by atoms with Crippen LogP contribution >= 0.6 is 0 Å². The maximum Gasteiger partial charge on any atom is 0.224 e. The molecule has 9 heteroatoms. The van der Waals surface area contributed by atoms with Crippen LogP contribution in [0, 0.1) is 5.41 Å². The fraction of sp³-hybridized carbons (Fsp3) is 0.462. The molecule has 1 fully saturated rings. The van der Waals surface area contributed by atoms with E-state index in [-0.39, 0.29) is 28.7 Å².